The number of primary amides is 1. The normalized spacial score (nSPS) is 22.0. The number of nitrogens with one attached hydrogen (secondary N) is 3. The summed E-state index contributed by atoms with van der Waals surface area (Å²) >= 11 is 0. The molecule has 0 aromatic rings. The van der Waals surface area contributed by atoms with Crippen LogP contribution in [0.15, 0.2) is 12.7 Å². The highest BCUT2D eigenvalue weighted by atomic mass is 19.4. The molecule has 0 aromatic heterocycles. The van der Waals surface area contributed by atoms with Gasteiger partial charge in [0.25, 0.3) is 5.91 Å². The van der Waals surface area contributed by atoms with E-state index in [9.17, 15) is 41.9 Å². The van der Waals surface area contributed by atoms with Crippen molar-refractivity contribution in [3.05, 3.63) is 12.7 Å². The highest BCUT2D eigenvalue weighted by molar-refractivity contribution is 6.37. The number of nitrogens with zero attached hydrogens (tertiary/aromatic N) is 1. The van der Waals surface area contributed by atoms with Gasteiger partial charge in [-0.05, 0) is 56.8 Å². The Bertz CT molecular complexity index is 1210. The maximum Gasteiger partial charge on any atom is 0.389 e. The Kier molecular flexibility index (Phi) is 13.0. The predicted molar refractivity (Wildman–Crippen MR) is 166 cm³/mol. The lowest BCUT2D eigenvalue weighted by molar-refractivity contribution is -0.160. The number of esters is 1. The first kappa shape index (κ1) is 39.5. The van der Waals surface area contributed by atoms with Crippen molar-refractivity contribution in [3.8, 4) is 0 Å². The Morgan fingerprint density at radius 3 is 2.02 bits per heavy atom. The Labute approximate surface area is 274 Å². The molecule has 1 aliphatic carbocycles. The number of ether oxygens (including phenoxy) is 1. The summed E-state index contributed by atoms with van der Waals surface area (Å²) in [5, 5.41) is 7.39. The van der Waals surface area contributed by atoms with E-state index in [0.717, 1.165) is 12.8 Å². The van der Waals surface area contributed by atoms with Gasteiger partial charge in [-0.1, -0.05) is 53.0 Å². The van der Waals surface area contributed by atoms with Crippen LogP contribution in [0, 0.1) is 23.2 Å². The molecule has 1 saturated heterocycles. The van der Waals surface area contributed by atoms with Crippen molar-refractivity contribution in [3.63, 3.8) is 0 Å². The van der Waals surface area contributed by atoms with Gasteiger partial charge in [-0.15, -0.1) is 6.58 Å². The van der Waals surface area contributed by atoms with E-state index in [-0.39, 0.29) is 24.8 Å². The molecule has 5 N–H and O–H groups in total. The van der Waals surface area contributed by atoms with Gasteiger partial charge in [0.2, 0.25) is 17.6 Å². The molecule has 5 amide bonds. The minimum Gasteiger partial charge on any atom is -0.458 e. The molecule has 0 aromatic carbocycles. The van der Waals surface area contributed by atoms with E-state index < -0.39 is 95.6 Å². The zero-order valence-corrected chi connectivity index (χ0v) is 28.3. The smallest absolute Gasteiger partial charge is 0.389 e. The van der Waals surface area contributed by atoms with Gasteiger partial charge in [-0.25, -0.2) is 9.59 Å². The summed E-state index contributed by atoms with van der Waals surface area (Å²) in [4.78, 5) is 79.6. The lowest BCUT2D eigenvalue weighted by atomic mass is 9.85. The second kappa shape index (κ2) is 15.5. The number of hydrogen-bond acceptors (Lipinski definition) is 7. The number of Topliss-reactive ketones (excluding diaryl/α,β-unsaturated/α-hetero) is 1. The molecule has 2 unspecified atom stereocenters. The van der Waals surface area contributed by atoms with Crippen LogP contribution in [-0.2, 0) is 28.7 Å². The molecular formula is C32H50F3N5O7. The summed E-state index contributed by atoms with van der Waals surface area (Å²) in [5.74, 6) is -5.13. The van der Waals surface area contributed by atoms with Crippen LogP contribution in [0.5, 0.6) is 0 Å². The number of urea groups is 1. The number of hydrogen-bond donors (Lipinski definition) is 4. The van der Waals surface area contributed by atoms with Gasteiger partial charge in [-0.3, -0.25) is 19.2 Å². The third kappa shape index (κ3) is 11.8. The van der Waals surface area contributed by atoms with Crippen LogP contribution >= 0.6 is 0 Å². The van der Waals surface area contributed by atoms with Crippen LogP contribution in [-0.4, -0.2) is 82.9 Å². The molecule has 15 heteroatoms. The van der Waals surface area contributed by atoms with Crippen LogP contribution in [0.2, 0.25) is 0 Å². The third-order valence-corrected chi connectivity index (χ3v) is 8.27. The van der Waals surface area contributed by atoms with Crippen LogP contribution in [0.4, 0.5) is 18.0 Å². The van der Waals surface area contributed by atoms with Gasteiger partial charge >= 0.3 is 18.2 Å². The SMILES string of the molecule is C=C[C@H]1CN(C(=O)[C@@H](NC(=O)NC(CCC(F)(F)F)C(=O)OC(C)(C)C)C(C)(C)C)[C@H](C(=O)NC(CC2CC2)C(=O)C(N)=O)[C@H]1CC. The van der Waals surface area contributed by atoms with Gasteiger partial charge in [0.15, 0.2) is 0 Å². The van der Waals surface area contributed by atoms with Crippen molar-refractivity contribution >= 4 is 35.5 Å². The van der Waals surface area contributed by atoms with E-state index in [2.05, 4.69) is 22.5 Å². The molecule has 266 valence electrons. The van der Waals surface area contributed by atoms with Gasteiger partial charge in [0, 0.05) is 13.0 Å². The van der Waals surface area contributed by atoms with E-state index in [1.807, 2.05) is 6.92 Å². The zero-order chi connectivity index (χ0) is 36.1. The number of carbonyl (C=O) groups is 6. The molecule has 1 heterocycles. The molecule has 47 heavy (non-hydrogen) atoms. The first-order valence-corrected chi connectivity index (χ1v) is 15.9. The predicted octanol–water partition coefficient (Wildman–Crippen LogP) is 3.13. The topological polar surface area (TPSA) is 177 Å². The summed E-state index contributed by atoms with van der Waals surface area (Å²) in [5.41, 5.74) is 3.22. The van der Waals surface area contributed by atoms with Crippen LogP contribution in [0.1, 0.15) is 87.0 Å². The first-order valence-electron chi connectivity index (χ1n) is 15.9. The summed E-state index contributed by atoms with van der Waals surface area (Å²) in [6.07, 6.45) is -2.79. The van der Waals surface area contributed by atoms with Gasteiger partial charge < -0.3 is 31.3 Å². The van der Waals surface area contributed by atoms with Gasteiger partial charge in [0.05, 0.1) is 6.04 Å². The van der Waals surface area contributed by atoms with Crippen LogP contribution < -0.4 is 21.7 Å². The average molecular weight is 674 g/mol. The lowest BCUT2D eigenvalue weighted by Crippen LogP contribution is -2.61. The van der Waals surface area contributed by atoms with Crippen molar-refractivity contribution in [2.24, 2.45) is 28.9 Å². The summed E-state index contributed by atoms with van der Waals surface area (Å²) in [6.45, 7) is 15.3. The molecule has 2 aliphatic rings. The fraction of sp³-hybridized carbons (Fsp3) is 0.750. The quantitative estimate of drug-likeness (QED) is 0.124. The molecular weight excluding hydrogens is 623 g/mol. The monoisotopic (exact) mass is 673 g/mol. The molecule has 0 radical (unpaired) electrons. The molecule has 0 bridgehead atoms. The third-order valence-electron chi connectivity index (χ3n) is 8.27. The number of ketones is 1. The fourth-order valence-corrected chi connectivity index (χ4v) is 5.70. The van der Waals surface area contributed by atoms with Crippen LogP contribution in [0.25, 0.3) is 0 Å². The van der Waals surface area contributed by atoms with Crippen molar-refractivity contribution in [1.82, 2.24) is 20.9 Å². The molecule has 1 saturated carbocycles. The summed E-state index contributed by atoms with van der Waals surface area (Å²) in [6, 6.07) is -6.32. The van der Waals surface area contributed by atoms with Crippen molar-refractivity contribution in [2.75, 3.05) is 6.54 Å². The molecule has 6 atom stereocenters. The second-order valence-corrected chi connectivity index (χ2v) is 14.5. The van der Waals surface area contributed by atoms with E-state index >= 15 is 0 Å². The number of amides is 5. The van der Waals surface area contributed by atoms with Crippen LogP contribution in [0.3, 0.4) is 0 Å². The summed E-state index contributed by atoms with van der Waals surface area (Å²) < 4.78 is 44.3. The minimum atomic E-state index is -4.61. The standard InChI is InChI=1S/C32H50F3N5O7/c1-9-18-16-40(22(19(18)10-2)26(43)37-21(15-17-11-12-17)23(41)25(36)42)27(44)24(30(3,4)5)39-29(46)38-20(13-14-32(33,34)35)28(45)47-31(6,7)8/h9,17-22,24H,1,10-16H2,2-8H3,(H2,36,42)(H,37,43)(H2,38,39,46)/t18-,19-,20?,21?,22-,24+/m0/s1. The van der Waals surface area contributed by atoms with Crippen molar-refractivity contribution in [1.29, 1.82) is 0 Å². The lowest BCUT2D eigenvalue weighted by Gasteiger charge is -2.36. The van der Waals surface area contributed by atoms with E-state index in [4.69, 9.17) is 10.5 Å². The number of alkyl halides is 3. The van der Waals surface area contributed by atoms with Gasteiger partial charge in [0.1, 0.15) is 23.7 Å². The Morgan fingerprint density at radius 1 is 0.979 bits per heavy atom. The van der Waals surface area contributed by atoms with E-state index in [1.54, 1.807) is 26.8 Å². The first-order chi connectivity index (χ1) is 21.5. The molecule has 0 spiro atoms. The van der Waals surface area contributed by atoms with Gasteiger partial charge in [-0.2, -0.15) is 13.2 Å². The maximum absolute atomic E-state index is 14.2. The Morgan fingerprint density at radius 2 is 1.57 bits per heavy atom. The second-order valence-electron chi connectivity index (χ2n) is 14.5. The largest absolute Gasteiger partial charge is 0.458 e. The van der Waals surface area contributed by atoms with Crippen molar-refractivity contribution < 1.29 is 46.7 Å². The average Bonchev–Trinajstić information content (AvgIpc) is 3.66. The minimum absolute atomic E-state index is 0.0536. The number of nitrogens with two attached hydrogens (primary N) is 1. The molecule has 12 nitrogen and oxygen atoms in total. The zero-order valence-electron chi connectivity index (χ0n) is 28.3. The maximum atomic E-state index is 14.2. The van der Waals surface area contributed by atoms with E-state index in [1.165, 1.54) is 25.7 Å². The number of carbonyl (C=O) groups excluding carboxylic acids is 6. The fourth-order valence-electron chi connectivity index (χ4n) is 5.70. The number of likely N-dealkylation sites (tertiary alicyclic amines) is 1. The highest BCUT2D eigenvalue weighted by Gasteiger charge is 2.50. The Balaban J connectivity index is 2.37. The molecule has 1 aliphatic heterocycles. The highest BCUT2D eigenvalue weighted by Crippen LogP contribution is 2.37. The number of rotatable bonds is 14. The van der Waals surface area contributed by atoms with Crippen molar-refractivity contribution in [2.45, 2.75) is 123 Å². The Hall–Kier alpha value is -3.65. The van der Waals surface area contributed by atoms with E-state index in [0.29, 0.717) is 6.42 Å². The molecule has 2 rings (SSSR count). The number of halogens is 3. The molecule has 2 fully saturated rings. The summed E-state index contributed by atoms with van der Waals surface area (Å²) in [7, 11) is 0.